The summed E-state index contributed by atoms with van der Waals surface area (Å²) in [5.74, 6) is 1.63. The Morgan fingerprint density at radius 1 is 1.23 bits per heavy atom. The number of carbonyl (C=O) groups is 1. The van der Waals surface area contributed by atoms with Crippen LogP contribution in [-0.4, -0.2) is 17.5 Å². The van der Waals surface area contributed by atoms with E-state index < -0.39 is 0 Å². The maximum atomic E-state index is 12.3. The highest BCUT2D eigenvalue weighted by Crippen LogP contribution is 2.28. The summed E-state index contributed by atoms with van der Waals surface area (Å²) in [6, 6.07) is 13.3. The Morgan fingerprint density at radius 3 is 2.81 bits per heavy atom. The number of amides is 1. The van der Waals surface area contributed by atoms with Crippen LogP contribution in [0.5, 0.6) is 5.75 Å². The molecule has 2 aromatic carbocycles. The molecule has 0 aliphatic rings. The summed E-state index contributed by atoms with van der Waals surface area (Å²) in [6.45, 7) is 6.24. The first-order chi connectivity index (χ1) is 12.6. The Balaban J connectivity index is 1.64. The average Bonchev–Trinajstić information content (AvgIpc) is 3.08. The topological polar surface area (TPSA) is 64.4 Å². The fourth-order valence-corrected chi connectivity index (χ4v) is 2.78. The Labute approximate surface area is 153 Å². The molecule has 0 spiro atoms. The van der Waals surface area contributed by atoms with Crippen molar-refractivity contribution >= 4 is 22.7 Å². The summed E-state index contributed by atoms with van der Waals surface area (Å²) >= 11 is 0. The van der Waals surface area contributed by atoms with E-state index in [9.17, 15) is 4.79 Å². The van der Waals surface area contributed by atoms with Gasteiger partial charge in [-0.15, -0.1) is 0 Å². The first-order valence-electron chi connectivity index (χ1n) is 9.01. The van der Waals surface area contributed by atoms with Crippen molar-refractivity contribution in [2.45, 2.75) is 39.5 Å². The summed E-state index contributed by atoms with van der Waals surface area (Å²) in [5.41, 5.74) is 3.26. The highest BCUT2D eigenvalue weighted by atomic mass is 16.5. The summed E-state index contributed by atoms with van der Waals surface area (Å²) < 4.78 is 11.3. The molecule has 1 atom stereocenters. The molecule has 1 heterocycles. The summed E-state index contributed by atoms with van der Waals surface area (Å²) in [7, 11) is 0. The van der Waals surface area contributed by atoms with Crippen molar-refractivity contribution in [1.29, 1.82) is 0 Å². The van der Waals surface area contributed by atoms with Gasteiger partial charge < -0.3 is 14.5 Å². The van der Waals surface area contributed by atoms with Gasteiger partial charge in [-0.1, -0.05) is 39.0 Å². The van der Waals surface area contributed by atoms with Crippen molar-refractivity contribution in [2.75, 3.05) is 11.9 Å². The SMILES string of the molecule is CCc1nc2cc(NC(=O)COc3ccccc3C(C)CC)ccc2o1. The number of oxazole rings is 1. The second-order valence-electron chi connectivity index (χ2n) is 6.33. The highest BCUT2D eigenvalue weighted by molar-refractivity contribution is 5.93. The summed E-state index contributed by atoms with van der Waals surface area (Å²) in [6.07, 6.45) is 1.75. The first kappa shape index (κ1) is 18.0. The number of rotatable bonds is 7. The van der Waals surface area contributed by atoms with Crippen LogP contribution in [0.3, 0.4) is 0 Å². The molecule has 3 rings (SSSR count). The molecular weight excluding hydrogens is 328 g/mol. The zero-order chi connectivity index (χ0) is 18.5. The molecule has 0 aliphatic heterocycles. The lowest BCUT2D eigenvalue weighted by atomic mass is 9.98. The second-order valence-corrected chi connectivity index (χ2v) is 6.33. The monoisotopic (exact) mass is 352 g/mol. The van der Waals surface area contributed by atoms with Gasteiger partial charge in [0.15, 0.2) is 18.1 Å². The summed E-state index contributed by atoms with van der Waals surface area (Å²) in [5, 5.41) is 2.85. The Morgan fingerprint density at radius 2 is 2.04 bits per heavy atom. The minimum Gasteiger partial charge on any atom is -0.483 e. The third-order valence-corrected chi connectivity index (χ3v) is 4.44. The number of aromatic nitrogens is 1. The van der Waals surface area contributed by atoms with Gasteiger partial charge in [0.25, 0.3) is 5.91 Å². The summed E-state index contributed by atoms with van der Waals surface area (Å²) in [4.78, 5) is 16.6. The van der Waals surface area contributed by atoms with Gasteiger partial charge in [-0.25, -0.2) is 4.98 Å². The fraction of sp³-hybridized carbons (Fsp3) is 0.333. The minimum absolute atomic E-state index is 0.0372. The molecular formula is C21H24N2O3. The number of para-hydroxylation sites is 1. The van der Waals surface area contributed by atoms with Gasteiger partial charge >= 0.3 is 0 Å². The molecule has 0 saturated heterocycles. The fourth-order valence-electron chi connectivity index (χ4n) is 2.78. The number of benzene rings is 2. The quantitative estimate of drug-likeness (QED) is 0.655. The van der Waals surface area contributed by atoms with Crippen LogP contribution in [0.2, 0.25) is 0 Å². The smallest absolute Gasteiger partial charge is 0.262 e. The number of carbonyl (C=O) groups excluding carboxylic acids is 1. The zero-order valence-corrected chi connectivity index (χ0v) is 15.4. The van der Waals surface area contributed by atoms with Crippen molar-refractivity contribution in [3.63, 3.8) is 0 Å². The van der Waals surface area contributed by atoms with Gasteiger partial charge in [0.1, 0.15) is 11.3 Å². The first-order valence-corrected chi connectivity index (χ1v) is 9.01. The van der Waals surface area contributed by atoms with Gasteiger partial charge in [-0.2, -0.15) is 0 Å². The molecule has 0 radical (unpaired) electrons. The molecule has 0 aliphatic carbocycles. The third-order valence-electron chi connectivity index (χ3n) is 4.44. The lowest BCUT2D eigenvalue weighted by Crippen LogP contribution is -2.20. The molecule has 0 fully saturated rings. The van der Waals surface area contributed by atoms with Crippen molar-refractivity contribution in [1.82, 2.24) is 4.98 Å². The molecule has 1 amide bonds. The van der Waals surface area contributed by atoms with Crippen LogP contribution in [0, 0.1) is 0 Å². The van der Waals surface area contributed by atoms with Crippen molar-refractivity contribution < 1.29 is 13.9 Å². The number of hydrogen-bond donors (Lipinski definition) is 1. The standard InChI is InChI=1S/C21H24N2O3/c1-4-14(3)16-8-6-7-9-18(16)25-13-20(24)22-15-10-11-19-17(12-15)23-21(5-2)26-19/h6-12,14H,4-5,13H2,1-3H3,(H,22,24). The number of ether oxygens (including phenoxy) is 1. The molecule has 5 heteroatoms. The molecule has 0 saturated carbocycles. The molecule has 0 bridgehead atoms. The normalized spacial score (nSPS) is 12.1. The van der Waals surface area contributed by atoms with Crippen molar-refractivity contribution in [3.05, 3.63) is 53.9 Å². The number of hydrogen-bond acceptors (Lipinski definition) is 4. The molecule has 1 aromatic heterocycles. The molecule has 26 heavy (non-hydrogen) atoms. The minimum atomic E-state index is -0.206. The van der Waals surface area contributed by atoms with Crippen LogP contribution in [0.25, 0.3) is 11.1 Å². The van der Waals surface area contributed by atoms with Gasteiger partial charge in [0, 0.05) is 12.1 Å². The molecule has 1 unspecified atom stereocenters. The Bertz CT molecular complexity index is 901. The van der Waals surface area contributed by atoms with Gasteiger partial charge in [0.2, 0.25) is 0 Å². The van der Waals surface area contributed by atoms with E-state index in [2.05, 4.69) is 24.1 Å². The number of aryl methyl sites for hydroxylation is 1. The molecule has 136 valence electrons. The van der Waals surface area contributed by atoms with E-state index in [4.69, 9.17) is 9.15 Å². The number of anilines is 1. The van der Waals surface area contributed by atoms with E-state index in [1.165, 1.54) is 0 Å². The van der Waals surface area contributed by atoms with E-state index >= 15 is 0 Å². The Kier molecular flexibility index (Phi) is 5.56. The van der Waals surface area contributed by atoms with Gasteiger partial charge in [0.05, 0.1) is 0 Å². The van der Waals surface area contributed by atoms with E-state index in [0.29, 0.717) is 17.5 Å². The van der Waals surface area contributed by atoms with Crippen molar-refractivity contribution in [2.24, 2.45) is 0 Å². The number of fused-ring (bicyclic) bond motifs is 1. The maximum Gasteiger partial charge on any atom is 0.262 e. The lowest BCUT2D eigenvalue weighted by molar-refractivity contribution is -0.118. The van der Waals surface area contributed by atoms with Crippen LogP contribution in [-0.2, 0) is 11.2 Å². The number of nitrogens with one attached hydrogen (secondary N) is 1. The average molecular weight is 352 g/mol. The molecule has 3 aromatic rings. The van der Waals surface area contributed by atoms with Crippen LogP contribution < -0.4 is 10.1 Å². The molecule has 5 nitrogen and oxygen atoms in total. The highest BCUT2D eigenvalue weighted by Gasteiger charge is 2.12. The van der Waals surface area contributed by atoms with Crippen LogP contribution in [0.1, 0.15) is 44.6 Å². The third kappa shape index (κ3) is 4.04. The lowest BCUT2D eigenvalue weighted by Gasteiger charge is -2.15. The van der Waals surface area contributed by atoms with Crippen LogP contribution >= 0.6 is 0 Å². The second kappa shape index (κ2) is 8.04. The van der Waals surface area contributed by atoms with E-state index in [1.54, 1.807) is 6.07 Å². The van der Waals surface area contributed by atoms with Crippen LogP contribution in [0.4, 0.5) is 5.69 Å². The largest absolute Gasteiger partial charge is 0.483 e. The van der Waals surface area contributed by atoms with E-state index in [0.717, 1.165) is 35.3 Å². The predicted molar refractivity (Wildman–Crippen MR) is 103 cm³/mol. The molecule has 1 N–H and O–H groups in total. The predicted octanol–water partition coefficient (Wildman–Crippen LogP) is 4.92. The number of nitrogens with zero attached hydrogens (tertiary/aromatic N) is 1. The van der Waals surface area contributed by atoms with Gasteiger partial charge in [-0.3, -0.25) is 4.79 Å². The van der Waals surface area contributed by atoms with Gasteiger partial charge in [-0.05, 0) is 42.2 Å². The van der Waals surface area contributed by atoms with E-state index in [-0.39, 0.29) is 12.5 Å². The van der Waals surface area contributed by atoms with Crippen molar-refractivity contribution in [3.8, 4) is 5.75 Å². The zero-order valence-electron chi connectivity index (χ0n) is 15.4. The van der Waals surface area contributed by atoms with Crippen LogP contribution in [0.15, 0.2) is 46.9 Å². The van der Waals surface area contributed by atoms with E-state index in [1.807, 2.05) is 43.3 Å². The maximum absolute atomic E-state index is 12.3. The Hall–Kier alpha value is -2.82.